The van der Waals surface area contributed by atoms with Crippen molar-refractivity contribution in [2.75, 3.05) is 5.32 Å². The van der Waals surface area contributed by atoms with Gasteiger partial charge in [0.15, 0.2) is 0 Å². The zero-order chi connectivity index (χ0) is 30.1. The Kier molecular flexibility index (Phi) is 8.43. The van der Waals surface area contributed by atoms with E-state index in [0.29, 0.717) is 14.7 Å². The predicted molar refractivity (Wildman–Crippen MR) is 156 cm³/mol. The van der Waals surface area contributed by atoms with Gasteiger partial charge in [0, 0.05) is 32.8 Å². The molecule has 8 nitrogen and oxygen atoms in total. The van der Waals surface area contributed by atoms with Crippen LogP contribution in [0.5, 0.6) is 0 Å². The van der Waals surface area contributed by atoms with Gasteiger partial charge >= 0.3 is 6.18 Å². The highest BCUT2D eigenvalue weighted by Crippen LogP contribution is 2.49. The lowest BCUT2D eigenvalue weighted by molar-refractivity contribution is -0.275. The van der Waals surface area contributed by atoms with E-state index in [-0.39, 0.29) is 39.7 Å². The van der Waals surface area contributed by atoms with Crippen molar-refractivity contribution in [3.63, 3.8) is 0 Å². The van der Waals surface area contributed by atoms with E-state index >= 15 is 0 Å². The Morgan fingerprint density at radius 1 is 1.05 bits per heavy atom. The van der Waals surface area contributed by atoms with Gasteiger partial charge in [-0.05, 0) is 90.9 Å². The van der Waals surface area contributed by atoms with Crippen LogP contribution in [0.3, 0.4) is 0 Å². The molecule has 0 spiro atoms. The van der Waals surface area contributed by atoms with Gasteiger partial charge in [0.05, 0.1) is 16.8 Å². The third-order valence-electron chi connectivity index (χ3n) is 6.53. The summed E-state index contributed by atoms with van der Waals surface area (Å²) in [6.45, 7) is 5.16. The maximum atomic E-state index is 14.5. The van der Waals surface area contributed by atoms with Crippen LogP contribution in [-0.4, -0.2) is 35.7 Å². The summed E-state index contributed by atoms with van der Waals surface area (Å²) in [7, 11) is 0. The van der Waals surface area contributed by atoms with Crippen LogP contribution < -0.4 is 16.4 Å². The number of amides is 3. The average molecular weight is 678 g/mol. The first-order chi connectivity index (χ1) is 19.2. The Morgan fingerprint density at radius 2 is 1.73 bits per heavy atom. The minimum absolute atomic E-state index is 0.0549. The molecule has 1 aliphatic heterocycles. The highest BCUT2D eigenvalue weighted by Gasteiger charge is 2.62. The SMILES string of the molecule is Cc1cc(C2(C(F)(F)F)CC(c3ccc(C(N)=O)cc3)=NO2)ccc1NC(=O)c1cccc(I)c1C(=O)NC(C)C. The van der Waals surface area contributed by atoms with Crippen molar-refractivity contribution >= 4 is 51.7 Å². The zero-order valence-corrected chi connectivity index (χ0v) is 24.4. The van der Waals surface area contributed by atoms with E-state index in [0.717, 1.165) is 0 Å². The molecule has 1 atom stereocenters. The van der Waals surface area contributed by atoms with Crippen molar-refractivity contribution in [1.29, 1.82) is 0 Å². The Bertz CT molecular complexity index is 1550. The van der Waals surface area contributed by atoms with E-state index in [1.54, 1.807) is 32.9 Å². The lowest BCUT2D eigenvalue weighted by Crippen LogP contribution is -2.42. The maximum absolute atomic E-state index is 14.5. The van der Waals surface area contributed by atoms with Crippen LogP contribution in [0.2, 0.25) is 0 Å². The molecule has 0 bridgehead atoms. The summed E-state index contributed by atoms with van der Waals surface area (Å²) >= 11 is 1.97. The second-order valence-electron chi connectivity index (χ2n) is 9.85. The molecule has 3 aromatic carbocycles. The molecule has 3 aromatic rings. The minimum atomic E-state index is -4.83. The lowest BCUT2D eigenvalue weighted by Gasteiger charge is -2.30. The number of oxime groups is 1. The molecule has 0 fully saturated rings. The molecule has 0 aromatic heterocycles. The van der Waals surface area contributed by atoms with Crippen LogP contribution in [0.25, 0.3) is 0 Å². The van der Waals surface area contributed by atoms with Crippen molar-refractivity contribution < 1.29 is 32.4 Å². The molecule has 0 aliphatic carbocycles. The number of anilines is 1. The molecule has 12 heteroatoms. The maximum Gasteiger partial charge on any atom is 0.435 e. The van der Waals surface area contributed by atoms with Gasteiger partial charge in [-0.15, -0.1) is 0 Å². The summed E-state index contributed by atoms with van der Waals surface area (Å²) in [4.78, 5) is 42.4. The summed E-state index contributed by atoms with van der Waals surface area (Å²) in [5.74, 6) is -1.65. The zero-order valence-electron chi connectivity index (χ0n) is 22.2. The van der Waals surface area contributed by atoms with Crippen molar-refractivity contribution in [1.82, 2.24) is 5.32 Å². The molecule has 4 rings (SSSR count). The average Bonchev–Trinajstić information content (AvgIpc) is 3.36. The molecule has 1 heterocycles. The lowest BCUT2D eigenvalue weighted by atomic mass is 9.85. The van der Waals surface area contributed by atoms with E-state index in [1.165, 1.54) is 48.5 Å². The molecule has 214 valence electrons. The molecular weight excluding hydrogens is 652 g/mol. The molecule has 3 amide bonds. The van der Waals surface area contributed by atoms with Crippen LogP contribution >= 0.6 is 22.6 Å². The second-order valence-corrected chi connectivity index (χ2v) is 11.0. The third-order valence-corrected chi connectivity index (χ3v) is 7.43. The van der Waals surface area contributed by atoms with E-state index in [2.05, 4.69) is 15.8 Å². The van der Waals surface area contributed by atoms with Crippen LogP contribution in [0.15, 0.2) is 65.8 Å². The van der Waals surface area contributed by atoms with Crippen molar-refractivity contribution in [3.05, 3.63) is 97.6 Å². The topological polar surface area (TPSA) is 123 Å². The van der Waals surface area contributed by atoms with Crippen molar-refractivity contribution in [3.8, 4) is 0 Å². The van der Waals surface area contributed by atoms with Gasteiger partial charge in [0.2, 0.25) is 5.91 Å². The van der Waals surface area contributed by atoms with Crippen molar-refractivity contribution in [2.24, 2.45) is 10.9 Å². The number of alkyl halides is 3. The van der Waals surface area contributed by atoms with Gasteiger partial charge in [0.25, 0.3) is 17.4 Å². The number of hydrogen-bond donors (Lipinski definition) is 3. The van der Waals surface area contributed by atoms with Gasteiger partial charge in [-0.1, -0.05) is 29.4 Å². The first-order valence-corrected chi connectivity index (χ1v) is 13.5. The summed E-state index contributed by atoms with van der Waals surface area (Å²) < 4.78 is 44.1. The summed E-state index contributed by atoms with van der Waals surface area (Å²) in [5.41, 5.74) is 3.87. The first-order valence-electron chi connectivity index (χ1n) is 12.5. The summed E-state index contributed by atoms with van der Waals surface area (Å²) in [6, 6.07) is 14.3. The number of nitrogens with two attached hydrogens (primary N) is 1. The van der Waals surface area contributed by atoms with Gasteiger partial charge in [0.1, 0.15) is 0 Å². The Labute approximate surface area is 247 Å². The smallest absolute Gasteiger partial charge is 0.374 e. The number of aryl methyl sites for hydroxylation is 1. The number of hydrogen-bond acceptors (Lipinski definition) is 5. The molecule has 4 N–H and O–H groups in total. The fraction of sp³-hybridized carbons (Fsp3) is 0.241. The van der Waals surface area contributed by atoms with Crippen molar-refractivity contribution in [2.45, 2.75) is 45.0 Å². The van der Waals surface area contributed by atoms with E-state index in [4.69, 9.17) is 10.6 Å². The quantitative estimate of drug-likeness (QED) is 0.279. The Balaban J connectivity index is 1.61. The van der Waals surface area contributed by atoms with Crippen LogP contribution in [-0.2, 0) is 10.4 Å². The molecule has 0 radical (unpaired) electrons. The number of benzene rings is 3. The van der Waals surface area contributed by atoms with E-state index in [9.17, 15) is 27.6 Å². The number of nitrogens with one attached hydrogen (secondary N) is 2. The summed E-state index contributed by atoms with van der Waals surface area (Å²) in [6.07, 6.45) is -5.43. The van der Waals surface area contributed by atoms with Gasteiger partial charge < -0.3 is 21.2 Å². The second kappa shape index (κ2) is 11.5. The molecule has 41 heavy (non-hydrogen) atoms. The van der Waals surface area contributed by atoms with Crippen LogP contribution in [0, 0.1) is 10.5 Å². The molecule has 1 unspecified atom stereocenters. The predicted octanol–water partition coefficient (Wildman–Crippen LogP) is 5.67. The standard InChI is InChI=1S/C29H26F3IN4O4/c1-15(2)35-27(40)24-20(5-4-6-21(24)33)26(39)36-22-12-11-19(13-16(22)3)28(29(30,31)32)14-23(37-41-28)17-7-9-18(10-8-17)25(34)38/h4-13,15H,14H2,1-3H3,(H2,34,38)(H,35,40)(H,36,39). The number of nitrogens with zero attached hydrogens (tertiary/aromatic N) is 1. The molecule has 0 saturated carbocycles. The highest BCUT2D eigenvalue weighted by molar-refractivity contribution is 14.1. The fourth-order valence-electron chi connectivity index (χ4n) is 4.41. The number of primary amides is 1. The minimum Gasteiger partial charge on any atom is -0.374 e. The number of halogens is 4. The Hall–Kier alpha value is -3.94. The number of carbonyl (C=O) groups excluding carboxylic acids is 3. The number of carbonyl (C=O) groups is 3. The fourth-order valence-corrected chi connectivity index (χ4v) is 5.15. The van der Waals surface area contributed by atoms with Crippen LogP contribution in [0.1, 0.15) is 68.0 Å². The monoisotopic (exact) mass is 678 g/mol. The molecule has 1 aliphatic rings. The van der Waals surface area contributed by atoms with Gasteiger partial charge in [-0.25, -0.2) is 0 Å². The molecule has 0 saturated heterocycles. The van der Waals surface area contributed by atoms with E-state index < -0.39 is 35.9 Å². The third kappa shape index (κ3) is 6.06. The largest absolute Gasteiger partial charge is 0.435 e. The van der Waals surface area contributed by atoms with Gasteiger partial charge in [-0.3, -0.25) is 14.4 Å². The summed E-state index contributed by atoms with van der Waals surface area (Å²) in [5, 5.41) is 9.23. The normalized spacial score (nSPS) is 16.6. The Morgan fingerprint density at radius 3 is 2.32 bits per heavy atom. The number of rotatable bonds is 7. The molecular formula is C29H26F3IN4O4. The highest BCUT2D eigenvalue weighted by atomic mass is 127. The first kappa shape index (κ1) is 30.0. The van der Waals surface area contributed by atoms with E-state index in [1.807, 2.05) is 22.6 Å². The van der Waals surface area contributed by atoms with Crippen LogP contribution in [0.4, 0.5) is 18.9 Å². The van der Waals surface area contributed by atoms with Gasteiger partial charge in [-0.2, -0.15) is 13.2 Å².